The number of thiazole rings is 1. The maximum atomic E-state index is 13.7. The van der Waals surface area contributed by atoms with Crippen molar-refractivity contribution < 1.29 is 4.79 Å². The smallest absolute Gasteiger partial charge is 0.260 e. The van der Waals surface area contributed by atoms with Gasteiger partial charge in [-0.2, -0.15) is 0 Å². The largest absolute Gasteiger partial charge is 0.302 e. The average Bonchev–Trinajstić information content (AvgIpc) is 3.20. The third kappa shape index (κ3) is 4.68. The van der Waals surface area contributed by atoms with Crippen molar-refractivity contribution in [3.8, 4) is 0 Å². The molecule has 164 valence electrons. The Labute approximate surface area is 189 Å². The fourth-order valence-electron chi connectivity index (χ4n) is 4.56. The number of anilines is 1. The lowest BCUT2D eigenvalue weighted by atomic mass is 9.90. The van der Waals surface area contributed by atoms with Crippen LogP contribution in [0.1, 0.15) is 59.3 Å². The van der Waals surface area contributed by atoms with Gasteiger partial charge in [-0.15, -0.1) is 0 Å². The van der Waals surface area contributed by atoms with Gasteiger partial charge in [-0.1, -0.05) is 37.3 Å². The molecule has 0 N–H and O–H groups in total. The lowest BCUT2D eigenvalue weighted by molar-refractivity contribution is 0.0983. The van der Waals surface area contributed by atoms with Crippen molar-refractivity contribution in [3.05, 3.63) is 58.1 Å². The summed E-state index contributed by atoms with van der Waals surface area (Å²) >= 11 is 1.63. The molecule has 4 rings (SSSR count). The molecule has 3 aromatic rings. The number of aromatic nitrogens is 1. The first-order chi connectivity index (χ1) is 15.0. The molecule has 31 heavy (non-hydrogen) atoms. The fourth-order valence-corrected chi connectivity index (χ4v) is 5.73. The summed E-state index contributed by atoms with van der Waals surface area (Å²) in [7, 11) is 0. The Morgan fingerprint density at radius 3 is 2.48 bits per heavy atom. The molecular formula is C26H33N3OS. The van der Waals surface area contributed by atoms with Crippen LogP contribution in [0.2, 0.25) is 0 Å². The molecule has 1 amide bonds. The minimum Gasteiger partial charge on any atom is -0.302 e. The zero-order valence-corrected chi connectivity index (χ0v) is 20.0. The van der Waals surface area contributed by atoms with Crippen molar-refractivity contribution in [3.63, 3.8) is 0 Å². The third-order valence-corrected chi connectivity index (χ3v) is 7.45. The van der Waals surface area contributed by atoms with Gasteiger partial charge in [0.15, 0.2) is 5.13 Å². The summed E-state index contributed by atoms with van der Waals surface area (Å²) in [5, 5.41) is 0.804. The van der Waals surface area contributed by atoms with Crippen molar-refractivity contribution in [1.29, 1.82) is 0 Å². The highest BCUT2D eigenvalue weighted by atomic mass is 32.1. The van der Waals surface area contributed by atoms with Crippen LogP contribution in [0.5, 0.6) is 0 Å². The van der Waals surface area contributed by atoms with Gasteiger partial charge in [-0.05, 0) is 93.1 Å². The van der Waals surface area contributed by atoms with Crippen LogP contribution >= 0.6 is 11.3 Å². The van der Waals surface area contributed by atoms with Gasteiger partial charge in [0.1, 0.15) is 0 Å². The molecular weight excluding hydrogens is 402 g/mol. The van der Waals surface area contributed by atoms with Crippen molar-refractivity contribution in [2.45, 2.75) is 53.4 Å². The minimum absolute atomic E-state index is 0.0639. The van der Waals surface area contributed by atoms with Crippen LogP contribution in [0.15, 0.2) is 30.3 Å². The Morgan fingerprint density at radius 1 is 1.00 bits per heavy atom. The Bertz CT molecular complexity index is 1080. The fraction of sp³-hybridized carbons (Fsp3) is 0.462. The van der Waals surface area contributed by atoms with Crippen molar-refractivity contribution in [1.82, 2.24) is 9.88 Å². The molecule has 1 aliphatic rings. The Kier molecular flexibility index (Phi) is 6.73. The SMILES string of the molecule is CCN(CC)CCN(C(=O)c1ccc2c(c1)CCCC2)c1nc2c(C)cc(C)cc2s1. The first-order valence-electron chi connectivity index (χ1n) is 11.5. The van der Waals surface area contributed by atoms with E-state index >= 15 is 0 Å². The lowest BCUT2D eigenvalue weighted by Gasteiger charge is -2.25. The van der Waals surface area contributed by atoms with Gasteiger partial charge < -0.3 is 4.90 Å². The average molecular weight is 436 g/mol. The number of benzene rings is 2. The summed E-state index contributed by atoms with van der Waals surface area (Å²) in [6, 6.07) is 10.6. The maximum absolute atomic E-state index is 13.7. The number of aryl methyl sites for hydroxylation is 4. The molecule has 1 aliphatic carbocycles. The van der Waals surface area contributed by atoms with Gasteiger partial charge in [-0.3, -0.25) is 9.69 Å². The van der Waals surface area contributed by atoms with E-state index < -0.39 is 0 Å². The molecule has 0 aliphatic heterocycles. The number of hydrogen-bond donors (Lipinski definition) is 0. The number of fused-ring (bicyclic) bond motifs is 2. The molecule has 5 heteroatoms. The van der Waals surface area contributed by atoms with Crippen LogP contribution in [0, 0.1) is 13.8 Å². The molecule has 4 nitrogen and oxygen atoms in total. The number of amides is 1. The predicted molar refractivity (Wildman–Crippen MR) is 132 cm³/mol. The summed E-state index contributed by atoms with van der Waals surface area (Å²) in [5.41, 5.74) is 6.95. The van der Waals surface area contributed by atoms with Gasteiger partial charge in [0.2, 0.25) is 0 Å². The van der Waals surface area contributed by atoms with Crippen LogP contribution in [-0.2, 0) is 12.8 Å². The van der Waals surface area contributed by atoms with Crippen LogP contribution in [0.25, 0.3) is 10.2 Å². The first-order valence-corrected chi connectivity index (χ1v) is 12.4. The zero-order chi connectivity index (χ0) is 22.0. The molecule has 0 saturated carbocycles. The predicted octanol–water partition coefficient (Wildman–Crippen LogP) is 5.78. The van der Waals surface area contributed by atoms with Gasteiger partial charge in [0.25, 0.3) is 5.91 Å². The number of nitrogens with zero attached hydrogens (tertiary/aromatic N) is 3. The molecule has 0 radical (unpaired) electrons. The molecule has 1 heterocycles. The molecule has 0 unspecified atom stereocenters. The summed E-state index contributed by atoms with van der Waals surface area (Å²) in [6.07, 6.45) is 4.68. The van der Waals surface area contributed by atoms with Gasteiger partial charge in [0, 0.05) is 18.7 Å². The summed E-state index contributed by atoms with van der Waals surface area (Å²) in [4.78, 5) is 22.9. The second-order valence-electron chi connectivity index (χ2n) is 8.60. The van der Waals surface area contributed by atoms with Crippen LogP contribution < -0.4 is 4.90 Å². The topological polar surface area (TPSA) is 36.4 Å². The summed E-state index contributed by atoms with van der Waals surface area (Å²) < 4.78 is 1.15. The molecule has 2 aromatic carbocycles. The zero-order valence-electron chi connectivity index (χ0n) is 19.2. The number of hydrogen-bond acceptors (Lipinski definition) is 4. The van der Waals surface area contributed by atoms with E-state index in [2.05, 4.69) is 56.9 Å². The summed E-state index contributed by atoms with van der Waals surface area (Å²) in [6.45, 7) is 12.0. The van der Waals surface area contributed by atoms with Crippen molar-refractivity contribution >= 4 is 32.6 Å². The standard InChI is InChI=1S/C26H33N3OS/c1-5-28(6-2)13-14-29(26-27-24-19(4)15-18(3)16-23(24)31-26)25(30)22-12-11-20-9-7-8-10-21(20)17-22/h11-12,15-17H,5-10,13-14H2,1-4H3. The van der Waals surface area contributed by atoms with E-state index in [9.17, 15) is 4.79 Å². The van der Waals surface area contributed by atoms with Crippen molar-refractivity contribution in [2.75, 3.05) is 31.1 Å². The molecule has 1 aromatic heterocycles. The van der Waals surface area contributed by atoms with Crippen molar-refractivity contribution in [2.24, 2.45) is 0 Å². The first kappa shape index (κ1) is 22.0. The van der Waals surface area contributed by atoms with E-state index in [4.69, 9.17) is 4.98 Å². The number of likely N-dealkylation sites (N-methyl/N-ethyl adjacent to an activating group) is 1. The quantitative estimate of drug-likeness (QED) is 0.472. The van der Waals surface area contributed by atoms with Gasteiger partial charge in [0.05, 0.1) is 10.2 Å². The van der Waals surface area contributed by atoms with Gasteiger partial charge >= 0.3 is 0 Å². The third-order valence-electron chi connectivity index (χ3n) is 6.42. The highest BCUT2D eigenvalue weighted by Gasteiger charge is 2.23. The van der Waals surface area contributed by atoms with Crippen LogP contribution in [0.4, 0.5) is 5.13 Å². The highest BCUT2D eigenvalue weighted by molar-refractivity contribution is 7.22. The number of carbonyl (C=O) groups is 1. The second-order valence-corrected chi connectivity index (χ2v) is 9.61. The van der Waals surface area contributed by atoms with E-state index in [0.717, 1.165) is 53.4 Å². The Hall–Kier alpha value is -2.24. The number of carbonyl (C=O) groups excluding carboxylic acids is 1. The van der Waals surface area contributed by atoms with E-state index in [-0.39, 0.29) is 5.91 Å². The molecule has 0 saturated heterocycles. The van der Waals surface area contributed by atoms with E-state index in [1.54, 1.807) is 11.3 Å². The van der Waals surface area contributed by atoms with Crippen LogP contribution in [0.3, 0.4) is 0 Å². The highest BCUT2D eigenvalue weighted by Crippen LogP contribution is 2.33. The van der Waals surface area contributed by atoms with E-state index in [1.165, 1.54) is 35.1 Å². The van der Waals surface area contributed by atoms with Gasteiger partial charge in [-0.25, -0.2) is 4.98 Å². The monoisotopic (exact) mass is 435 g/mol. The number of rotatable bonds is 7. The minimum atomic E-state index is 0.0639. The maximum Gasteiger partial charge on any atom is 0.260 e. The Balaban J connectivity index is 1.70. The Morgan fingerprint density at radius 2 is 1.74 bits per heavy atom. The lowest BCUT2D eigenvalue weighted by Crippen LogP contribution is -2.39. The summed E-state index contributed by atoms with van der Waals surface area (Å²) in [5.74, 6) is 0.0639. The molecule has 0 spiro atoms. The second kappa shape index (κ2) is 9.49. The molecule has 0 atom stereocenters. The van der Waals surface area contributed by atoms with E-state index in [0.29, 0.717) is 6.54 Å². The van der Waals surface area contributed by atoms with Crippen LogP contribution in [-0.4, -0.2) is 42.0 Å². The molecule has 0 fully saturated rings. The van der Waals surface area contributed by atoms with E-state index in [1.807, 2.05) is 11.0 Å². The molecule has 0 bridgehead atoms. The normalized spacial score (nSPS) is 13.6.